The number of rotatable bonds is 6. The normalized spacial score (nSPS) is 16.3. The van der Waals surface area contributed by atoms with E-state index in [0.717, 1.165) is 18.5 Å². The zero-order valence-electron chi connectivity index (χ0n) is 14.6. The van der Waals surface area contributed by atoms with Crippen molar-refractivity contribution in [1.82, 2.24) is 10.2 Å². The maximum atomic E-state index is 13.1. The summed E-state index contributed by atoms with van der Waals surface area (Å²) < 4.78 is 13.1. The van der Waals surface area contributed by atoms with Crippen molar-refractivity contribution < 1.29 is 14.3 Å². The van der Waals surface area contributed by atoms with Gasteiger partial charge in [0, 0.05) is 37.4 Å². The van der Waals surface area contributed by atoms with Gasteiger partial charge in [0.2, 0.25) is 0 Å². The van der Waals surface area contributed by atoms with E-state index in [1.54, 1.807) is 12.1 Å². The van der Waals surface area contributed by atoms with E-state index in [-0.39, 0.29) is 17.9 Å². The number of amides is 1. The first-order valence-electron chi connectivity index (χ1n) is 8.90. The lowest BCUT2D eigenvalue weighted by Gasteiger charge is -2.33. The highest BCUT2D eigenvalue weighted by atomic mass is 19.1. The monoisotopic (exact) mass is 357 g/mol. The van der Waals surface area contributed by atoms with Crippen molar-refractivity contribution in [3.63, 3.8) is 0 Å². The highest BCUT2D eigenvalue weighted by Crippen LogP contribution is 2.19. The smallest absolute Gasteiger partial charge is 0.407 e. The van der Waals surface area contributed by atoms with Gasteiger partial charge in [-0.1, -0.05) is 30.3 Å². The van der Waals surface area contributed by atoms with Gasteiger partial charge in [-0.3, -0.25) is 0 Å². The highest BCUT2D eigenvalue weighted by molar-refractivity contribution is 5.65. The summed E-state index contributed by atoms with van der Waals surface area (Å²) in [5.41, 5.74) is 2.04. The van der Waals surface area contributed by atoms with Crippen molar-refractivity contribution in [2.75, 3.05) is 25.0 Å². The molecule has 138 valence electrons. The average molecular weight is 357 g/mol. The molecule has 0 unspecified atom stereocenters. The van der Waals surface area contributed by atoms with Gasteiger partial charge in [0.15, 0.2) is 0 Å². The van der Waals surface area contributed by atoms with Crippen LogP contribution in [0.5, 0.6) is 0 Å². The number of halogens is 1. The van der Waals surface area contributed by atoms with E-state index in [2.05, 4.69) is 22.8 Å². The molecule has 1 atom stereocenters. The van der Waals surface area contributed by atoms with Gasteiger partial charge in [-0.05, 0) is 42.7 Å². The number of nitrogens with one attached hydrogen (secondary N) is 2. The maximum absolute atomic E-state index is 13.1. The van der Waals surface area contributed by atoms with Gasteiger partial charge in [0.1, 0.15) is 5.82 Å². The zero-order valence-corrected chi connectivity index (χ0v) is 14.6. The van der Waals surface area contributed by atoms with Gasteiger partial charge in [-0.15, -0.1) is 0 Å². The van der Waals surface area contributed by atoms with E-state index in [1.807, 2.05) is 18.2 Å². The molecule has 0 spiro atoms. The van der Waals surface area contributed by atoms with Crippen LogP contribution in [0.15, 0.2) is 54.6 Å². The minimum Gasteiger partial charge on any atom is -0.465 e. The molecule has 3 rings (SSSR count). The topological polar surface area (TPSA) is 64.6 Å². The lowest BCUT2D eigenvalue weighted by molar-refractivity contribution is 0.127. The second-order valence-corrected chi connectivity index (χ2v) is 6.56. The molecule has 0 radical (unpaired) electrons. The molecule has 2 aromatic rings. The van der Waals surface area contributed by atoms with Crippen LogP contribution >= 0.6 is 0 Å². The van der Waals surface area contributed by atoms with E-state index < -0.39 is 6.09 Å². The Balaban J connectivity index is 1.62. The third kappa shape index (κ3) is 4.95. The molecule has 26 heavy (non-hydrogen) atoms. The third-order valence-corrected chi connectivity index (χ3v) is 4.76. The molecule has 0 aromatic heterocycles. The lowest BCUT2D eigenvalue weighted by atomic mass is 10.0. The molecule has 0 saturated carbocycles. The molecule has 0 bridgehead atoms. The van der Waals surface area contributed by atoms with E-state index >= 15 is 0 Å². The van der Waals surface area contributed by atoms with Gasteiger partial charge >= 0.3 is 6.09 Å². The summed E-state index contributed by atoms with van der Waals surface area (Å²) in [5, 5.41) is 16.1. The number of benzene rings is 2. The Morgan fingerprint density at radius 1 is 1.12 bits per heavy atom. The Bertz CT molecular complexity index is 701. The Kier molecular flexibility index (Phi) is 6.07. The maximum Gasteiger partial charge on any atom is 0.407 e. The van der Waals surface area contributed by atoms with Crippen molar-refractivity contribution in [2.45, 2.75) is 24.9 Å². The van der Waals surface area contributed by atoms with Crippen molar-refractivity contribution in [3.05, 3.63) is 66.0 Å². The molecule has 1 saturated heterocycles. The van der Waals surface area contributed by atoms with Gasteiger partial charge in [0.05, 0.1) is 0 Å². The van der Waals surface area contributed by atoms with Gasteiger partial charge < -0.3 is 20.6 Å². The second kappa shape index (κ2) is 8.67. The van der Waals surface area contributed by atoms with Crippen LogP contribution in [0.2, 0.25) is 0 Å². The Morgan fingerprint density at radius 3 is 2.38 bits per heavy atom. The number of nitrogens with zero attached hydrogens (tertiary/aromatic N) is 1. The van der Waals surface area contributed by atoms with E-state index in [4.69, 9.17) is 5.11 Å². The third-order valence-electron chi connectivity index (χ3n) is 4.76. The summed E-state index contributed by atoms with van der Waals surface area (Å²) in [7, 11) is 0. The molecule has 5 nitrogen and oxygen atoms in total. The predicted molar refractivity (Wildman–Crippen MR) is 99.8 cm³/mol. The molecular formula is C20H24FN3O2. The molecule has 0 aliphatic carbocycles. The molecule has 1 aliphatic rings. The summed E-state index contributed by atoms with van der Waals surface area (Å²) >= 11 is 0. The molecule has 1 fully saturated rings. The Labute approximate surface area is 152 Å². The van der Waals surface area contributed by atoms with Crippen molar-refractivity contribution in [2.24, 2.45) is 0 Å². The fraction of sp³-hybridized carbons (Fsp3) is 0.350. The number of hydrogen-bond acceptors (Lipinski definition) is 3. The minimum absolute atomic E-state index is 0.0858. The first-order valence-corrected chi connectivity index (χ1v) is 8.90. The van der Waals surface area contributed by atoms with Crippen LogP contribution in [0.4, 0.5) is 14.9 Å². The number of piperidine rings is 1. The quantitative estimate of drug-likeness (QED) is 0.737. The van der Waals surface area contributed by atoms with Crippen LogP contribution in [-0.4, -0.2) is 41.8 Å². The average Bonchev–Trinajstić information content (AvgIpc) is 2.67. The van der Waals surface area contributed by atoms with E-state index in [9.17, 15) is 9.18 Å². The fourth-order valence-electron chi connectivity index (χ4n) is 3.27. The molecule has 6 heteroatoms. The second-order valence-electron chi connectivity index (χ2n) is 6.56. The lowest BCUT2D eigenvalue weighted by Crippen LogP contribution is -2.46. The van der Waals surface area contributed by atoms with Crippen LogP contribution in [-0.2, 0) is 0 Å². The molecule has 2 aromatic carbocycles. The fourth-order valence-corrected chi connectivity index (χ4v) is 3.27. The van der Waals surface area contributed by atoms with Crippen LogP contribution in [0.25, 0.3) is 0 Å². The van der Waals surface area contributed by atoms with E-state index in [0.29, 0.717) is 19.6 Å². The van der Waals surface area contributed by atoms with Gasteiger partial charge in [0.25, 0.3) is 0 Å². The first-order chi connectivity index (χ1) is 12.6. The first kappa shape index (κ1) is 18.2. The molecule has 3 N–H and O–H groups in total. The Morgan fingerprint density at radius 2 is 1.77 bits per heavy atom. The number of anilines is 1. The molecule has 1 amide bonds. The zero-order chi connectivity index (χ0) is 18.4. The summed E-state index contributed by atoms with van der Waals surface area (Å²) in [5.74, 6) is -0.251. The number of carbonyl (C=O) groups is 1. The SMILES string of the molecule is O=C(O)N1CCC(N[C@@H](CNc2ccc(F)cc2)c2ccccc2)CC1. The van der Waals surface area contributed by atoms with Crippen LogP contribution < -0.4 is 10.6 Å². The standard InChI is InChI=1S/C20H24FN3O2/c21-16-6-8-17(9-7-16)22-14-19(15-4-2-1-3-5-15)23-18-10-12-24(13-11-18)20(25)26/h1-9,18-19,22-23H,10-14H2,(H,25,26)/t19-/m0/s1. The van der Waals surface area contributed by atoms with Crippen LogP contribution in [0, 0.1) is 5.82 Å². The molecular weight excluding hydrogens is 333 g/mol. The van der Waals surface area contributed by atoms with Crippen molar-refractivity contribution in [1.29, 1.82) is 0 Å². The minimum atomic E-state index is -0.846. The summed E-state index contributed by atoms with van der Waals surface area (Å²) in [4.78, 5) is 12.5. The van der Waals surface area contributed by atoms with Gasteiger partial charge in [-0.2, -0.15) is 0 Å². The molecule has 1 heterocycles. The van der Waals surface area contributed by atoms with E-state index in [1.165, 1.54) is 22.6 Å². The van der Waals surface area contributed by atoms with Crippen molar-refractivity contribution in [3.8, 4) is 0 Å². The van der Waals surface area contributed by atoms with Crippen molar-refractivity contribution >= 4 is 11.8 Å². The predicted octanol–water partition coefficient (Wildman–Crippen LogP) is 3.71. The molecule has 1 aliphatic heterocycles. The highest BCUT2D eigenvalue weighted by Gasteiger charge is 2.24. The Hall–Kier alpha value is -2.60. The number of likely N-dealkylation sites (tertiary alicyclic amines) is 1. The van der Waals surface area contributed by atoms with Crippen LogP contribution in [0.1, 0.15) is 24.4 Å². The summed E-state index contributed by atoms with van der Waals surface area (Å²) in [6, 6.07) is 16.8. The summed E-state index contributed by atoms with van der Waals surface area (Å²) in [6.07, 6.45) is 0.749. The number of carboxylic acid groups (broad SMARTS) is 1. The largest absolute Gasteiger partial charge is 0.465 e. The van der Waals surface area contributed by atoms with Gasteiger partial charge in [-0.25, -0.2) is 9.18 Å². The van der Waals surface area contributed by atoms with Crippen LogP contribution in [0.3, 0.4) is 0 Å². The summed E-state index contributed by atoms with van der Waals surface area (Å²) in [6.45, 7) is 1.77. The number of hydrogen-bond donors (Lipinski definition) is 3.